The van der Waals surface area contributed by atoms with Gasteiger partial charge in [0.1, 0.15) is 5.78 Å². The molecule has 0 radical (unpaired) electrons. The van der Waals surface area contributed by atoms with E-state index in [0.29, 0.717) is 30.6 Å². The third kappa shape index (κ3) is 2.86. The molecule has 98 valence electrons. The Morgan fingerprint density at radius 2 is 1.89 bits per heavy atom. The smallest absolute Gasteiger partial charge is 0.151 e. The maximum atomic E-state index is 11.2. The maximum absolute atomic E-state index is 11.2. The monoisotopic (exact) mass is 247 g/mol. The van der Waals surface area contributed by atoms with Gasteiger partial charge >= 0.3 is 0 Å². The molecule has 0 spiro atoms. The summed E-state index contributed by atoms with van der Waals surface area (Å²) in [5.74, 6) is 1.70. The van der Waals surface area contributed by atoms with Crippen molar-refractivity contribution in [1.29, 1.82) is 0 Å². The molecule has 0 aliphatic heterocycles. The van der Waals surface area contributed by atoms with Crippen LogP contribution >= 0.6 is 0 Å². The van der Waals surface area contributed by atoms with Gasteiger partial charge in [0.25, 0.3) is 0 Å². The predicted molar refractivity (Wildman–Crippen MR) is 71.8 cm³/mol. The minimum absolute atomic E-state index is 0.390. The summed E-state index contributed by atoms with van der Waals surface area (Å²) in [5.41, 5.74) is 1.02. The standard InChI is InChI=1S/C14H21N3O/c1-10(2)13-8-9-14(16-15-13)17(3)11-4-6-12(18)7-5-11/h8-11H,4-7H2,1-3H3. The summed E-state index contributed by atoms with van der Waals surface area (Å²) in [6.07, 6.45) is 3.27. The van der Waals surface area contributed by atoms with Crippen LogP contribution in [0.4, 0.5) is 5.82 Å². The molecule has 1 aromatic rings. The largest absolute Gasteiger partial charge is 0.355 e. The van der Waals surface area contributed by atoms with E-state index in [9.17, 15) is 4.79 Å². The molecule has 1 fully saturated rings. The van der Waals surface area contributed by atoms with E-state index in [1.54, 1.807) is 0 Å². The van der Waals surface area contributed by atoms with E-state index in [2.05, 4.69) is 28.9 Å². The highest BCUT2D eigenvalue weighted by atomic mass is 16.1. The van der Waals surface area contributed by atoms with Crippen LogP contribution < -0.4 is 4.90 Å². The number of hydrogen-bond acceptors (Lipinski definition) is 4. The summed E-state index contributed by atoms with van der Waals surface area (Å²) < 4.78 is 0. The number of ketones is 1. The first-order chi connectivity index (χ1) is 8.58. The summed E-state index contributed by atoms with van der Waals surface area (Å²) in [6.45, 7) is 4.22. The third-order valence-corrected chi connectivity index (χ3v) is 3.68. The number of rotatable bonds is 3. The molecular weight excluding hydrogens is 226 g/mol. The lowest BCUT2D eigenvalue weighted by atomic mass is 9.93. The summed E-state index contributed by atoms with van der Waals surface area (Å²) in [7, 11) is 2.04. The maximum Gasteiger partial charge on any atom is 0.151 e. The van der Waals surface area contributed by atoms with E-state index in [4.69, 9.17) is 0 Å². The van der Waals surface area contributed by atoms with Crippen LogP contribution in [0.15, 0.2) is 12.1 Å². The molecule has 1 aliphatic rings. The zero-order valence-electron chi connectivity index (χ0n) is 11.4. The Morgan fingerprint density at radius 1 is 1.22 bits per heavy atom. The molecule has 0 atom stereocenters. The Bertz CT molecular complexity index is 404. The molecule has 4 heteroatoms. The molecule has 4 nitrogen and oxygen atoms in total. The number of aromatic nitrogens is 2. The Labute approximate surface area is 108 Å². The molecule has 1 aromatic heterocycles. The van der Waals surface area contributed by atoms with Gasteiger partial charge in [0.15, 0.2) is 5.82 Å². The van der Waals surface area contributed by atoms with Crippen molar-refractivity contribution in [3.05, 3.63) is 17.8 Å². The molecule has 0 N–H and O–H groups in total. The van der Waals surface area contributed by atoms with E-state index >= 15 is 0 Å². The normalized spacial score (nSPS) is 17.2. The second-order valence-corrected chi connectivity index (χ2v) is 5.35. The average molecular weight is 247 g/mol. The zero-order valence-corrected chi connectivity index (χ0v) is 11.4. The van der Waals surface area contributed by atoms with Crippen molar-refractivity contribution in [2.45, 2.75) is 51.5 Å². The molecule has 1 heterocycles. The predicted octanol–water partition coefficient (Wildman–Crippen LogP) is 2.55. The molecule has 1 saturated carbocycles. The average Bonchev–Trinajstić information content (AvgIpc) is 2.39. The van der Waals surface area contributed by atoms with Gasteiger partial charge in [-0.1, -0.05) is 13.8 Å². The Kier molecular flexibility index (Phi) is 3.94. The van der Waals surface area contributed by atoms with Crippen molar-refractivity contribution < 1.29 is 4.79 Å². The number of carbonyl (C=O) groups excluding carboxylic acids is 1. The number of anilines is 1. The van der Waals surface area contributed by atoms with Gasteiger partial charge < -0.3 is 4.90 Å². The lowest BCUT2D eigenvalue weighted by Gasteiger charge is -2.31. The second-order valence-electron chi connectivity index (χ2n) is 5.35. The van der Waals surface area contributed by atoms with Crippen LogP contribution in [0.25, 0.3) is 0 Å². The van der Waals surface area contributed by atoms with Gasteiger partial charge in [-0.15, -0.1) is 5.10 Å². The first-order valence-electron chi connectivity index (χ1n) is 6.66. The first-order valence-corrected chi connectivity index (χ1v) is 6.66. The number of Topliss-reactive ketones (excluding diaryl/α,β-unsaturated/α-hetero) is 1. The lowest BCUT2D eigenvalue weighted by molar-refractivity contribution is -0.120. The minimum atomic E-state index is 0.390. The minimum Gasteiger partial charge on any atom is -0.355 e. The number of nitrogens with zero attached hydrogens (tertiary/aromatic N) is 3. The fraction of sp³-hybridized carbons (Fsp3) is 0.643. The number of carbonyl (C=O) groups is 1. The van der Waals surface area contributed by atoms with Gasteiger partial charge in [0.05, 0.1) is 5.69 Å². The third-order valence-electron chi connectivity index (χ3n) is 3.68. The van der Waals surface area contributed by atoms with E-state index < -0.39 is 0 Å². The quantitative estimate of drug-likeness (QED) is 0.823. The molecule has 2 rings (SSSR count). The summed E-state index contributed by atoms with van der Waals surface area (Å²) >= 11 is 0. The van der Waals surface area contributed by atoms with Gasteiger partial charge in [-0.2, -0.15) is 5.10 Å². The van der Waals surface area contributed by atoms with E-state index in [1.165, 1.54) is 0 Å². The van der Waals surface area contributed by atoms with Crippen molar-refractivity contribution in [2.75, 3.05) is 11.9 Å². The second kappa shape index (κ2) is 5.46. The van der Waals surface area contributed by atoms with E-state index in [0.717, 1.165) is 24.4 Å². The topological polar surface area (TPSA) is 46.1 Å². The van der Waals surface area contributed by atoms with Gasteiger partial charge in [-0.05, 0) is 30.9 Å². The Hall–Kier alpha value is -1.45. The van der Waals surface area contributed by atoms with Crippen LogP contribution in [0.3, 0.4) is 0 Å². The highest BCUT2D eigenvalue weighted by Crippen LogP contribution is 2.23. The highest BCUT2D eigenvalue weighted by molar-refractivity contribution is 5.79. The first kappa shape index (κ1) is 13.0. The van der Waals surface area contributed by atoms with Crippen molar-refractivity contribution >= 4 is 11.6 Å². The molecule has 18 heavy (non-hydrogen) atoms. The molecule has 0 bridgehead atoms. The van der Waals surface area contributed by atoms with Crippen LogP contribution in [0, 0.1) is 0 Å². The molecule has 1 aliphatic carbocycles. The summed E-state index contributed by atoms with van der Waals surface area (Å²) in [6, 6.07) is 4.48. The van der Waals surface area contributed by atoms with Crippen molar-refractivity contribution in [3.63, 3.8) is 0 Å². The van der Waals surface area contributed by atoms with Gasteiger partial charge in [0.2, 0.25) is 0 Å². The van der Waals surface area contributed by atoms with Crippen LogP contribution in [-0.4, -0.2) is 29.1 Å². The summed E-state index contributed by atoms with van der Waals surface area (Å²) in [5, 5.41) is 8.54. The molecule has 0 aromatic carbocycles. The Morgan fingerprint density at radius 3 is 2.39 bits per heavy atom. The van der Waals surface area contributed by atoms with Crippen LogP contribution in [-0.2, 0) is 4.79 Å². The van der Waals surface area contributed by atoms with Crippen molar-refractivity contribution in [3.8, 4) is 0 Å². The lowest BCUT2D eigenvalue weighted by Crippen LogP contribution is -2.35. The van der Waals surface area contributed by atoms with Crippen molar-refractivity contribution in [2.24, 2.45) is 0 Å². The van der Waals surface area contributed by atoms with Gasteiger partial charge in [0, 0.05) is 25.9 Å². The SMILES string of the molecule is CC(C)c1ccc(N(C)C2CCC(=O)CC2)nn1. The van der Waals surface area contributed by atoms with E-state index in [1.807, 2.05) is 19.2 Å². The van der Waals surface area contributed by atoms with Gasteiger partial charge in [-0.3, -0.25) is 4.79 Å². The molecule has 0 saturated heterocycles. The van der Waals surface area contributed by atoms with Crippen LogP contribution in [0.2, 0.25) is 0 Å². The van der Waals surface area contributed by atoms with Crippen LogP contribution in [0.1, 0.15) is 51.1 Å². The van der Waals surface area contributed by atoms with Gasteiger partial charge in [-0.25, -0.2) is 0 Å². The molecular formula is C14H21N3O. The summed E-state index contributed by atoms with van der Waals surface area (Å²) in [4.78, 5) is 13.4. The fourth-order valence-corrected chi connectivity index (χ4v) is 2.33. The highest BCUT2D eigenvalue weighted by Gasteiger charge is 2.23. The van der Waals surface area contributed by atoms with E-state index in [-0.39, 0.29) is 0 Å². The molecule has 0 amide bonds. The number of hydrogen-bond donors (Lipinski definition) is 0. The Balaban J connectivity index is 2.04. The van der Waals surface area contributed by atoms with Crippen LogP contribution in [0.5, 0.6) is 0 Å². The fourth-order valence-electron chi connectivity index (χ4n) is 2.33. The molecule has 0 unspecified atom stereocenters. The van der Waals surface area contributed by atoms with Crippen molar-refractivity contribution in [1.82, 2.24) is 10.2 Å². The zero-order chi connectivity index (χ0) is 13.1.